The molecule has 0 bridgehead atoms. The fourth-order valence-electron chi connectivity index (χ4n) is 3.63. The quantitative estimate of drug-likeness (QED) is 0.745. The van der Waals surface area contributed by atoms with Crippen molar-refractivity contribution < 1.29 is 14.3 Å². The van der Waals surface area contributed by atoms with Crippen LogP contribution < -0.4 is 5.32 Å². The van der Waals surface area contributed by atoms with Crippen LogP contribution in [-0.2, 0) is 16.1 Å². The highest BCUT2D eigenvalue weighted by Crippen LogP contribution is 2.24. The minimum absolute atomic E-state index is 0.152. The van der Waals surface area contributed by atoms with E-state index in [1.54, 1.807) is 11.6 Å². The summed E-state index contributed by atoms with van der Waals surface area (Å²) >= 11 is 6.36. The summed E-state index contributed by atoms with van der Waals surface area (Å²) in [6.45, 7) is 3.98. The molecule has 1 aromatic heterocycles. The molecule has 3 rings (SSSR count). The van der Waals surface area contributed by atoms with Crippen molar-refractivity contribution in [3.63, 3.8) is 0 Å². The zero-order valence-corrected chi connectivity index (χ0v) is 17.0. The number of hydrogen-bond donors (Lipinski definition) is 1. The van der Waals surface area contributed by atoms with Crippen molar-refractivity contribution in [2.45, 2.75) is 52.1 Å². The van der Waals surface area contributed by atoms with Gasteiger partial charge in [0.2, 0.25) is 0 Å². The van der Waals surface area contributed by atoms with Crippen LogP contribution in [0.3, 0.4) is 0 Å². The molecule has 0 saturated heterocycles. The minimum atomic E-state index is -0.631. The molecule has 28 heavy (non-hydrogen) atoms. The molecule has 1 N–H and O–H groups in total. The molecule has 1 aliphatic carbocycles. The predicted octanol–water partition coefficient (Wildman–Crippen LogP) is 3.74. The third-order valence-corrected chi connectivity index (χ3v) is 5.62. The Hall–Kier alpha value is -2.34. The molecular weight excluding hydrogens is 378 g/mol. The topological polar surface area (TPSA) is 73.2 Å². The first-order valence-electron chi connectivity index (χ1n) is 9.69. The number of amides is 1. The Balaban J connectivity index is 1.59. The van der Waals surface area contributed by atoms with E-state index < -0.39 is 5.97 Å². The highest BCUT2D eigenvalue weighted by Gasteiger charge is 2.25. The molecule has 0 radical (unpaired) electrons. The number of halogens is 1. The Bertz CT molecular complexity index is 835. The Morgan fingerprint density at radius 3 is 2.68 bits per heavy atom. The molecule has 1 aromatic carbocycles. The zero-order valence-electron chi connectivity index (χ0n) is 16.3. The van der Waals surface area contributed by atoms with Gasteiger partial charge < -0.3 is 10.1 Å². The third-order valence-electron chi connectivity index (χ3n) is 5.24. The van der Waals surface area contributed by atoms with Gasteiger partial charge in [0, 0.05) is 6.04 Å². The molecule has 1 amide bonds. The second-order valence-corrected chi connectivity index (χ2v) is 7.76. The largest absolute Gasteiger partial charge is 0.452 e. The first-order valence-corrected chi connectivity index (χ1v) is 10.1. The number of carbonyl (C=O) groups is 2. The number of esters is 1. The van der Waals surface area contributed by atoms with E-state index in [0.29, 0.717) is 18.2 Å². The average Bonchev–Trinajstić information content (AvgIpc) is 2.96. The lowest BCUT2D eigenvalue weighted by molar-refractivity contribution is -0.125. The Morgan fingerprint density at radius 2 is 1.96 bits per heavy atom. The van der Waals surface area contributed by atoms with Crippen molar-refractivity contribution in [2.24, 2.45) is 5.92 Å². The summed E-state index contributed by atoms with van der Waals surface area (Å²) in [5.41, 5.74) is 1.71. The molecule has 1 aliphatic rings. The van der Waals surface area contributed by atoms with Gasteiger partial charge in [-0.05, 0) is 31.2 Å². The van der Waals surface area contributed by atoms with E-state index in [1.165, 1.54) is 6.42 Å². The molecule has 2 aromatic rings. The SMILES string of the molecule is Cc1nn(Cc2ccccc2)c(Cl)c1C(=O)OCC(=O)N[C@H]1CCCC[C@@H]1C. The van der Waals surface area contributed by atoms with Crippen LogP contribution in [0.1, 0.15) is 54.2 Å². The lowest BCUT2D eigenvalue weighted by Crippen LogP contribution is -2.42. The van der Waals surface area contributed by atoms with Crippen LogP contribution in [0.2, 0.25) is 5.15 Å². The summed E-state index contributed by atoms with van der Waals surface area (Å²) in [6.07, 6.45) is 4.40. The van der Waals surface area contributed by atoms with Crippen LogP contribution in [0.5, 0.6) is 0 Å². The highest BCUT2D eigenvalue weighted by atomic mass is 35.5. The summed E-state index contributed by atoms with van der Waals surface area (Å²) in [5, 5.41) is 7.53. The molecule has 0 aliphatic heterocycles. The van der Waals surface area contributed by atoms with Gasteiger partial charge in [0.15, 0.2) is 6.61 Å². The van der Waals surface area contributed by atoms with Crippen LogP contribution in [-0.4, -0.2) is 34.3 Å². The second-order valence-electron chi connectivity index (χ2n) is 7.41. The monoisotopic (exact) mass is 403 g/mol. The molecule has 150 valence electrons. The maximum absolute atomic E-state index is 12.5. The Labute approximate surface area is 170 Å². The number of rotatable bonds is 6. The number of nitrogens with one attached hydrogen (secondary N) is 1. The van der Waals surface area contributed by atoms with Crippen molar-refractivity contribution in [1.29, 1.82) is 0 Å². The summed E-state index contributed by atoms with van der Waals surface area (Å²) in [6, 6.07) is 9.87. The van der Waals surface area contributed by atoms with Gasteiger partial charge in [0.05, 0.1) is 12.2 Å². The lowest BCUT2D eigenvalue weighted by atomic mass is 9.86. The van der Waals surface area contributed by atoms with E-state index in [4.69, 9.17) is 16.3 Å². The summed E-state index contributed by atoms with van der Waals surface area (Å²) in [5.74, 6) is -0.465. The van der Waals surface area contributed by atoms with Crippen LogP contribution in [0.4, 0.5) is 0 Å². The summed E-state index contributed by atoms with van der Waals surface area (Å²) in [4.78, 5) is 24.6. The Kier molecular flexibility index (Phi) is 6.73. The molecule has 7 heteroatoms. The van der Waals surface area contributed by atoms with Crippen molar-refractivity contribution in [2.75, 3.05) is 6.61 Å². The first kappa shape index (κ1) is 20.4. The van der Waals surface area contributed by atoms with Gasteiger partial charge in [-0.2, -0.15) is 5.10 Å². The highest BCUT2D eigenvalue weighted by molar-refractivity contribution is 6.32. The number of benzene rings is 1. The van der Waals surface area contributed by atoms with Crippen molar-refractivity contribution in [3.05, 3.63) is 52.3 Å². The Morgan fingerprint density at radius 1 is 1.25 bits per heavy atom. The number of aryl methyl sites for hydroxylation is 1. The molecule has 0 unspecified atom stereocenters. The van der Waals surface area contributed by atoms with Crippen LogP contribution in [0, 0.1) is 12.8 Å². The molecule has 2 atom stereocenters. The number of nitrogens with zero attached hydrogens (tertiary/aromatic N) is 2. The molecule has 1 saturated carbocycles. The second kappa shape index (κ2) is 9.24. The van der Waals surface area contributed by atoms with Crippen LogP contribution in [0.15, 0.2) is 30.3 Å². The van der Waals surface area contributed by atoms with Crippen LogP contribution in [0.25, 0.3) is 0 Å². The molecular formula is C21H26ClN3O3. The smallest absolute Gasteiger partial charge is 0.343 e. The number of aromatic nitrogens is 2. The predicted molar refractivity (Wildman–Crippen MR) is 107 cm³/mol. The van der Waals surface area contributed by atoms with Gasteiger partial charge in [-0.25, -0.2) is 9.48 Å². The van der Waals surface area contributed by atoms with Gasteiger partial charge >= 0.3 is 5.97 Å². The van der Waals surface area contributed by atoms with Gasteiger partial charge in [-0.3, -0.25) is 4.79 Å². The zero-order chi connectivity index (χ0) is 20.1. The number of ether oxygens (including phenoxy) is 1. The van der Waals surface area contributed by atoms with Gasteiger partial charge in [0.1, 0.15) is 10.7 Å². The van der Waals surface area contributed by atoms with Gasteiger partial charge in [-0.15, -0.1) is 0 Å². The van der Waals surface area contributed by atoms with Crippen molar-refractivity contribution in [3.8, 4) is 0 Å². The third kappa shape index (κ3) is 4.93. The van der Waals surface area contributed by atoms with E-state index in [1.807, 2.05) is 30.3 Å². The molecule has 1 heterocycles. The molecule has 6 nitrogen and oxygen atoms in total. The van der Waals surface area contributed by atoms with E-state index in [2.05, 4.69) is 17.3 Å². The lowest BCUT2D eigenvalue weighted by Gasteiger charge is -2.29. The van der Waals surface area contributed by atoms with E-state index >= 15 is 0 Å². The number of hydrogen-bond acceptors (Lipinski definition) is 4. The first-order chi connectivity index (χ1) is 13.5. The van der Waals surface area contributed by atoms with Crippen molar-refractivity contribution >= 4 is 23.5 Å². The van der Waals surface area contributed by atoms with Gasteiger partial charge in [0.25, 0.3) is 5.91 Å². The maximum atomic E-state index is 12.5. The fourth-order valence-corrected chi connectivity index (χ4v) is 3.94. The number of carbonyl (C=O) groups excluding carboxylic acids is 2. The van der Waals surface area contributed by atoms with Gasteiger partial charge in [-0.1, -0.05) is 61.7 Å². The normalized spacial score (nSPS) is 19.2. The van der Waals surface area contributed by atoms with Crippen LogP contribution >= 0.6 is 11.6 Å². The standard InChI is InChI=1S/C21H26ClN3O3/c1-14-8-6-7-11-17(14)23-18(26)13-28-21(27)19-15(2)24-25(20(19)22)12-16-9-4-3-5-10-16/h3-5,9-10,14,17H,6-8,11-13H2,1-2H3,(H,23,26)/t14-,17-/m0/s1. The fraction of sp³-hybridized carbons (Fsp3) is 0.476. The molecule has 1 fully saturated rings. The maximum Gasteiger partial charge on any atom is 0.343 e. The van der Waals surface area contributed by atoms with E-state index in [9.17, 15) is 9.59 Å². The summed E-state index contributed by atoms with van der Waals surface area (Å²) < 4.78 is 6.77. The average molecular weight is 404 g/mol. The summed E-state index contributed by atoms with van der Waals surface area (Å²) in [7, 11) is 0. The minimum Gasteiger partial charge on any atom is -0.452 e. The van der Waals surface area contributed by atoms with E-state index in [0.717, 1.165) is 24.8 Å². The van der Waals surface area contributed by atoms with E-state index in [-0.39, 0.29) is 29.3 Å². The molecule has 0 spiro atoms. The van der Waals surface area contributed by atoms with Crippen molar-refractivity contribution in [1.82, 2.24) is 15.1 Å².